The highest BCUT2D eigenvalue weighted by Crippen LogP contribution is 2.30. The number of carbonyl (C=O) groups excluding carboxylic acids is 2. The molecule has 1 saturated heterocycles. The summed E-state index contributed by atoms with van der Waals surface area (Å²) >= 11 is 0. The van der Waals surface area contributed by atoms with Crippen LogP contribution in [0.2, 0.25) is 0 Å². The van der Waals surface area contributed by atoms with Crippen LogP contribution in [0.1, 0.15) is 12.5 Å². The molecule has 1 fully saturated rings. The Balaban J connectivity index is 1.53. The SMILES string of the molecule is CC1C(=O)N(c2ccc(OC(F)(F)F)cc2)C(=O)N1Cc1ccnc(-n2cccn2)c1. The van der Waals surface area contributed by atoms with Gasteiger partial charge in [0.15, 0.2) is 5.82 Å². The van der Waals surface area contributed by atoms with Crippen molar-refractivity contribution in [2.45, 2.75) is 25.9 Å². The summed E-state index contributed by atoms with van der Waals surface area (Å²) < 4.78 is 42.4. The van der Waals surface area contributed by atoms with Gasteiger partial charge in [-0.25, -0.2) is 19.4 Å². The van der Waals surface area contributed by atoms with Gasteiger partial charge in [0.05, 0.1) is 5.69 Å². The summed E-state index contributed by atoms with van der Waals surface area (Å²) in [6.45, 7) is 1.74. The van der Waals surface area contributed by atoms with Crippen LogP contribution in [0, 0.1) is 0 Å². The van der Waals surface area contributed by atoms with E-state index in [1.165, 1.54) is 17.0 Å². The van der Waals surface area contributed by atoms with E-state index in [0.29, 0.717) is 5.82 Å². The molecule has 1 aliphatic heterocycles. The van der Waals surface area contributed by atoms with Gasteiger partial charge in [0.1, 0.15) is 11.8 Å². The Bertz CT molecular complexity index is 1100. The second kappa shape index (κ2) is 7.74. The first-order valence-corrected chi connectivity index (χ1v) is 9.18. The number of aromatic nitrogens is 3. The quantitative estimate of drug-likeness (QED) is 0.578. The molecule has 0 spiro atoms. The number of imide groups is 1. The molecule has 2 aromatic heterocycles. The topological polar surface area (TPSA) is 80.6 Å². The number of rotatable bonds is 5. The highest BCUT2D eigenvalue weighted by molar-refractivity contribution is 6.21. The Morgan fingerprint density at radius 1 is 1.10 bits per heavy atom. The Morgan fingerprint density at radius 3 is 2.48 bits per heavy atom. The Hall–Kier alpha value is -3.89. The number of nitrogens with zero attached hydrogens (tertiary/aromatic N) is 5. The van der Waals surface area contributed by atoms with E-state index in [1.54, 1.807) is 48.4 Å². The lowest BCUT2D eigenvalue weighted by atomic mass is 10.2. The van der Waals surface area contributed by atoms with E-state index in [9.17, 15) is 22.8 Å². The van der Waals surface area contributed by atoms with Crippen molar-refractivity contribution in [3.05, 3.63) is 66.6 Å². The van der Waals surface area contributed by atoms with E-state index >= 15 is 0 Å². The molecule has 0 N–H and O–H groups in total. The lowest BCUT2D eigenvalue weighted by Gasteiger charge is -2.19. The molecule has 4 rings (SSSR count). The van der Waals surface area contributed by atoms with Gasteiger partial charge in [0.25, 0.3) is 5.91 Å². The maximum absolute atomic E-state index is 12.9. The number of amides is 3. The van der Waals surface area contributed by atoms with Gasteiger partial charge in [-0.1, -0.05) is 0 Å². The van der Waals surface area contributed by atoms with E-state index in [1.807, 2.05) is 0 Å². The van der Waals surface area contributed by atoms with Gasteiger partial charge in [-0.05, 0) is 55.0 Å². The standard InChI is InChI=1S/C20H16F3N5O3/c1-13-18(29)28(15-3-5-16(6-4-15)31-20(21,22)23)19(30)26(13)12-14-7-9-24-17(11-14)27-10-2-8-25-27/h2-11,13H,12H2,1H3. The molecule has 1 unspecified atom stereocenters. The molecule has 0 radical (unpaired) electrons. The third-order valence-corrected chi connectivity index (χ3v) is 4.71. The van der Waals surface area contributed by atoms with Crippen molar-refractivity contribution in [1.29, 1.82) is 0 Å². The molecule has 1 atom stereocenters. The molecule has 3 aromatic rings. The first-order chi connectivity index (χ1) is 14.7. The van der Waals surface area contributed by atoms with Crippen molar-refractivity contribution in [2.24, 2.45) is 0 Å². The van der Waals surface area contributed by atoms with Crippen LogP contribution in [0.4, 0.5) is 23.7 Å². The highest BCUT2D eigenvalue weighted by Gasteiger charge is 2.43. The number of hydrogen-bond donors (Lipinski definition) is 0. The monoisotopic (exact) mass is 431 g/mol. The van der Waals surface area contributed by atoms with Crippen LogP contribution >= 0.6 is 0 Å². The van der Waals surface area contributed by atoms with E-state index < -0.39 is 30.1 Å². The van der Waals surface area contributed by atoms with Crippen molar-refractivity contribution >= 4 is 17.6 Å². The van der Waals surface area contributed by atoms with Crippen molar-refractivity contribution in [2.75, 3.05) is 4.90 Å². The van der Waals surface area contributed by atoms with Gasteiger partial charge < -0.3 is 9.64 Å². The molecule has 0 saturated carbocycles. The fraction of sp³-hybridized carbons (Fsp3) is 0.200. The molecule has 8 nitrogen and oxygen atoms in total. The van der Waals surface area contributed by atoms with Crippen LogP contribution in [-0.2, 0) is 11.3 Å². The minimum Gasteiger partial charge on any atom is -0.406 e. The molecule has 11 heteroatoms. The third kappa shape index (κ3) is 4.20. The fourth-order valence-electron chi connectivity index (χ4n) is 3.23. The van der Waals surface area contributed by atoms with Gasteiger partial charge in [-0.2, -0.15) is 5.10 Å². The number of benzene rings is 1. The number of halogens is 3. The summed E-state index contributed by atoms with van der Waals surface area (Å²) in [5.74, 6) is -0.357. The molecule has 160 valence electrons. The zero-order valence-electron chi connectivity index (χ0n) is 16.2. The molecule has 3 heterocycles. The summed E-state index contributed by atoms with van der Waals surface area (Å²) in [6.07, 6.45) is 0.0946. The predicted octanol–water partition coefficient (Wildman–Crippen LogP) is 3.52. The Kier molecular flexibility index (Phi) is 5.09. The van der Waals surface area contributed by atoms with Gasteiger partial charge in [0.2, 0.25) is 0 Å². The number of alkyl halides is 3. The number of urea groups is 1. The maximum Gasteiger partial charge on any atom is 0.573 e. The number of anilines is 1. The minimum absolute atomic E-state index is 0.147. The van der Waals surface area contributed by atoms with Gasteiger partial charge in [-0.15, -0.1) is 13.2 Å². The predicted molar refractivity (Wildman–Crippen MR) is 102 cm³/mol. The molecular weight excluding hydrogens is 415 g/mol. The maximum atomic E-state index is 12.9. The summed E-state index contributed by atoms with van der Waals surface area (Å²) in [5.41, 5.74) is 0.898. The van der Waals surface area contributed by atoms with Gasteiger partial charge >= 0.3 is 12.4 Å². The van der Waals surface area contributed by atoms with Gasteiger partial charge in [-0.3, -0.25) is 4.79 Å². The molecule has 1 aromatic carbocycles. The zero-order valence-corrected chi connectivity index (χ0v) is 16.2. The molecule has 31 heavy (non-hydrogen) atoms. The van der Waals surface area contributed by atoms with Gasteiger partial charge in [0, 0.05) is 25.1 Å². The van der Waals surface area contributed by atoms with Crippen LogP contribution in [0.5, 0.6) is 5.75 Å². The van der Waals surface area contributed by atoms with Crippen molar-refractivity contribution in [3.8, 4) is 11.6 Å². The normalized spacial score (nSPS) is 16.8. The first-order valence-electron chi connectivity index (χ1n) is 9.18. The highest BCUT2D eigenvalue weighted by atomic mass is 19.4. The van der Waals surface area contributed by atoms with E-state index in [2.05, 4.69) is 14.8 Å². The molecule has 1 aliphatic rings. The van der Waals surface area contributed by atoms with Crippen LogP contribution in [0.15, 0.2) is 61.1 Å². The van der Waals surface area contributed by atoms with Crippen molar-refractivity contribution < 1.29 is 27.5 Å². The number of ether oxygens (including phenoxy) is 1. The third-order valence-electron chi connectivity index (χ3n) is 4.71. The summed E-state index contributed by atoms with van der Waals surface area (Å²) in [7, 11) is 0. The first kappa shape index (κ1) is 20.4. The molecular formula is C20H16F3N5O3. The second-order valence-corrected chi connectivity index (χ2v) is 6.77. The lowest BCUT2D eigenvalue weighted by molar-refractivity contribution is -0.274. The second-order valence-electron chi connectivity index (χ2n) is 6.77. The number of pyridine rings is 1. The summed E-state index contributed by atoms with van der Waals surface area (Å²) in [6, 6.07) is 8.48. The minimum atomic E-state index is -4.83. The Labute approximate surface area is 174 Å². The zero-order chi connectivity index (χ0) is 22.2. The van der Waals surface area contributed by atoms with Crippen LogP contribution in [-0.4, -0.2) is 44.0 Å². The number of carbonyl (C=O) groups is 2. The average molecular weight is 431 g/mol. The smallest absolute Gasteiger partial charge is 0.406 e. The van der Waals surface area contributed by atoms with E-state index in [4.69, 9.17) is 0 Å². The van der Waals surface area contributed by atoms with E-state index in [0.717, 1.165) is 22.6 Å². The summed E-state index contributed by atoms with van der Waals surface area (Å²) in [5, 5.41) is 4.11. The lowest BCUT2D eigenvalue weighted by Crippen LogP contribution is -2.33. The Morgan fingerprint density at radius 2 is 1.84 bits per heavy atom. The molecule has 3 amide bonds. The van der Waals surface area contributed by atoms with Crippen LogP contribution in [0.3, 0.4) is 0 Å². The summed E-state index contributed by atoms with van der Waals surface area (Å²) in [4.78, 5) is 32.2. The molecule has 0 bridgehead atoms. The van der Waals surface area contributed by atoms with Crippen molar-refractivity contribution in [1.82, 2.24) is 19.7 Å². The van der Waals surface area contributed by atoms with Crippen LogP contribution < -0.4 is 9.64 Å². The van der Waals surface area contributed by atoms with E-state index in [-0.39, 0.29) is 12.2 Å². The molecule has 0 aliphatic carbocycles. The van der Waals surface area contributed by atoms with Crippen molar-refractivity contribution in [3.63, 3.8) is 0 Å². The largest absolute Gasteiger partial charge is 0.573 e. The average Bonchev–Trinajstić information content (AvgIpc) is 3.32. The number of hydrogen-bond acceptors (Lipinski definition) is 5. The fourth-order valence-corrected chi connectivity index (χ4v) is 3.23. The van der Waals surface area contributed by atoms with Crippen LogP contribution in [0.25, 0.3) is 5.82 Å².